The number of rotatable bonds is 25. The van der Waals surface area contributed by atoms with Gasteiger partial charge in [-0.3, -0.25) is 9.97 Å². The van der Waals surface area contributed by atoms with Gasteiger partial charge >= 0.3 is 0 Å². The van der Waals surface area contributed by atoms with Crippen LogP contribution in [0, 0.1) is 11.8 Å². The molecule has 3 aromatic rings. The molecule has 0 aliphatic heterocycles. The van der Waals surface area contributed by atoms with E-state index in [4.69, 9.17) is 9.47 Å². The zero-order chi connectivity index (χ0) is 32.3. The first-order valence-electron chi connectivity index (χ1n) is 18.6. The Balaban J connectivity index is 1.48. The third-order valence-corrected chi connectivity index (χ3v) is 8.51. The van der Waals surface area contributed by atoms with Gasteiger partial charge < -0.3 is 9.47 Å². The second-order valence-corrected chi connectivity index (χ2v) is 12.6. The first-order valence-corrected chi connectivity index (χ1v) is 18.6. The van der Waals surface area contributed by atoms with Crippen molar-refractivity contribution in [2.24, 2.45) is 0 Å². The zero-order valence-corrected chi connectivity index (χ0v) is 29.0. The van der Waals surface area contributed by atoms with Gasteiger partial charge in [0.2, 0.25) is 0 Å². The molecule has 0 amide bonds. The predicted octanol–water partition coefficient (Wildman–Crippen LogP) is 12.1. The Morgan fingerprint density at radius 3 is 1.63 bits per heavy atom. The standard InChI is InChI=1S/C42H60N2O2/c1-3-5-7-9-11-13-15-17-19-23-33-45-39-29-31-42(46-34-24-20-18-16-14-12-10-8-6-4-2)38(35-39)28-26-37-27-30-41(44-36-37)40-25-21-22-32-43-40/h21-22,25,27,29-32,35-36H,3-20,23-24,33-34H2,1-2H3. The van der Waals surface area contributed by atoms with E-state index in [2.05, 4.69) is 35.7 Å². The van der Waals surface area contributed by atoms with E-state index in [1.807, 2.05) is 54.7 Å². The summed E-state index contributed by atoms with van der Waals surface area (Å²) in [6.45, 7) is 6.01. The highest BCUT2D eigenvalue weighted by Crippen LogP contribution is 2.25. The summed E-state index contributed by atoms with van der Waals surface area (Å²) in [5.74, 6) is 8.33. The molecule has 0 aliphatic rings. The van der Waals surface area contributed by atoms with Crippen LogP contribution in [0.5, 0.6) is 11.5 Å². The summed E-state index contributed by atoms with van der Waals surface area (Å²) in [4.78, 5) is 8.98. The van der Waals surface area contributed by atoms with Crippen molar-refractivity contribution in [3.05, 3.63) is 72.1 Å². The highest BCUT2D eigenvalue weighted by atomic mass is 16.5. The lowest BCUT2D eigenvalue weighted by Gasteiger charge is -2.11. The van der Waals surface area contributed by atoms with Gasteiger partial charge in [0.05, 0.1) is 30.2 Å². The minimum absolute atomic E-state index is 0.713. The van der Waals surface area contributed by atoms with Crippen LogP contribution >= 0.6 is 0 Å². The summed E-state index contributed by atoms with van der Waals surface area (Å²) in [6.07, 6.45) is 29.9. The summed E-state index contributed by atoms with van der Waals surface area (Å²) < 4.78 is 12.4. The molecule has 0 fully saturated rings. The van der Waals surface area contributed by atoms with Gasteiger partial charge in [0.25, 0.3) is 0 Å². The van der Waals surface area contributed by atoms with Gasteiger partial charge in [-0.25, -0.2) is 0 Å². The molecule has 2 heterocycles. The van der Waals surface area contributed by atoms with Crippen molar-refractivity contribution < 1.29 is 9.47 Å². The maximum absolute atomic E-state index is 6.26. The number of aromatic nitrogens is 2. The van der Waals surface area contributed by atoms with Crippen LogP contribution in [0.15, 0.2) is 60.9 Å². The largest absolute Gasteiger partial charge is 0.494 e. The Labute approximate surface area is 281 Å². The van der Waals surface area contributed by atoms with Crippen LogP contribution < -0.4 is 9.47 Å². The molecule has 0 radical (unpaired) electrons. The molecule has 0 saturated carbocycles. The van der Waals surface area contributed by atoms with Crippen LogP contribution in [0.4, 0.5) is 0 Å². The molecule has 0 N–H and O–H groups in total. The Hall–Kier alpha value is -3.32. The van der Waals surface area contributed by atoms with Gasteiger partial charge in [0, 0.05) is 18.0 Å². The highest BCUT2D eigenvalue weighted by molar-refractivity contribution is 5.56. The fourth-order valence-corrected chi connectivity index (χ4v) is 5.65. The van der Waals surface area contributed by atoms with Crippen molar-refractivity contribution in [2.45, 2.75) is 142 Å². The molecule has 250 valence electrons. The maximum Gasteiger partial charge on any atom is 0.135 e. The van der Waals surface area contributed by atoms with Crippen LogP contribution in [0.25, 0.3) is 11.4 Å². The average molecular weight is 625 g/mol. The normalized spacial score (nSPS) is 10.8. The first kappa shape index (κ1) is 37.1. The van der Waals surface area contributed by atoms with E-state index in [1.54, 1.807) is 6.20 Å². The lowest BCUT2D eigenvalue weighted by atomic mass is 10.1. The van der Waals surface area contributed by atoms with Crippen LogP contribution in [-0.4, -0.2) is 23.2 Å². The summed E-state index contributed by atoms with van der Waals surface area (Å²) in [5, 5.41) is 0. The molecule has 0 atom stereocenters. The Kier molecular flexibility index (Phi) is 20.1. The van der Waals surface area contributed by atoms with E-state index in [0.29, 0.717) is 6.61 Å². The van der Waals surface area contributed by atoms with E-state index >= 15 is 0 Å². The number of unbranched alkanes of at least 4 members (excludes halogenated alkanes) is 18. The lowest BCUT2D eigenvalue weighted by molar-refractivity contribution is 0.295. The van der Waals surface area contributed by atoms with Crippen molar-refractivity contribution in [1.82, 2.24) is 9.97 Å². The Bertz CT molecular complexity index is 1230. The highest BCUT2D eigenvalue weighted by Gasteiger charge is 2.06. The van der Waals surface area contributed by atoms with Crippen molar-refractivity contribution >= 4 is 0 Å². The van der Waals surface area contributed by atoms with E-state index in [1.165, 1.54) is 116 Å². The van der Waals surface area contributed by atoms with Crippen LogP contribution in [0.1, 0.15) is 153 Å². The number of nitrogens with zero attached hydrogens (tertiary/aromatic N) is 2. The first-order chi connectivity index (χ1) is 22.8. The van der Waals surface area contributed by atoms with Crippen molar-refractivity contribution in [3.8, 4) is 34.7 Å². The van der Waals surface area contributed by atoms with Gasteiger partial charge in [0.15, 0.2) is 0 Å². The number of hydrogen-bond acceptors (Lipinski definition) is 4. The monoisotopic (exact) mass is 624 g/mol. The Morgan fingerprint density at radius 1 is 0.522 bits per heavy atom. The second kappa shape index (κ2) is 24.9. The minimum Gasteiger partial charge on any atom is -0.494 e. The van der Waals surface area contributed by atoms with Gasteiger partial charge in [-0.2, -0.15) is 0 Å². The quantitative estimate of drug-likeness (QED) is 0.0695. The van der Waals surface area contributed by atoms with Gasteiger partial charge in [0.1, 0.15) is 11.5 Å². The van der Waals surface area contributed by atoms with E-state index in [-0.39, 0.29) is 0 Å². The summed E-state index contributed by atoms with van der Waals surface area (Å²) in [5.41, 5.74) is 3.42. The fraction of sp³-hybridized carbons (Fsp3) is 0.571. The van der Waals surface area contributed by atoms with E-state index < -0.39 is 0 Å². The third-order valence-electron chi connectivity index (χ3n) is 8.51. The average Bonchev–Trinajstić information content (AvgIpc) is 3.10. The molecule has 0 saturated heterocycles. The SMILES string of the molecule is CCCCCCCCCCCCOc1ccc(OCCCCCCCCCCCC)c(C#Cc2ccc(-c3ccccn3)nc2)c1. The Morgan fingerprint density at radius 2 is 1.09 bits per heavy atom. The van der Waals surface area contributed by atoms with Crippen molar-refractivity contribution in [2.75, 3.05) is 13.2 Å². The van der Waals surface area contributed by atoms with Gasteiger partial charge in [-0.05, 0) is 55.3 Å². The van der Waals surface area contributed by atoms with Crippen molar-refractivity contribution in [3.63, 3.8) is 0 Å². The number of hydrogen-bond donors (Lipinski definition) is 0. The van der Waals surface area contributed by atoms with Gasteiger partial charge in [-0.15, -0.1) is 0 Å². The molecule has 4 nitrogen and oxygen atoms in total. The van der Waals surface area contributed by atoms with Gasteiger partial charge in [-0.1, -0.05) is 147 Å². The molecule has 0 unspecified atom stereocenters. The zero-order valence-electron chi connectivity index (χ0n) is 29.0. The molecular weight excluding hydrogens is 564 g/mol. The van der Waals surface area contributed by atoms with Crippen LogP contribution in [0.2, 0.25) is 0 Å². The molecule has 46 heavy (non-hydrogen) atoms. The molecule has 0 bridgehead atoms. The molecular formula is C42H60N2O2. The summed E-state index contributed by atoms with van der Waals surface area (Å²) >= 11 is 0. The topological polar surface area (TPSA) is 44.2 Å². The molecule has 4 heteroatoms. The number of benzene rings is 1. The molecule has 0 aliphatic carbocycles. The maximum atomic E-state index is 6.26. The third kappa shape index (κ3) is 16.3. The molecule has 0 spiro atoms. The minimum atomic E-state index is 0.713. The van der Waals surface area contributed by atoms with Crippen LogP contribution in [-0.2, 0) is 0 Å². The smallest absolute Gasteiger partial charge is 0.135 e. The molecule has 1 aromatic carbocycles. The fourth-order valence-electron chi connectivity index (χ4n) is 5.65. The molecule has 3 rings (SSSR count). The number of pyridine rings is 2. The van der Waals surface area contributed by atoms with Crippen molar-refractivity contribution in [1.29, 1.82) is 0 Å². The van der Waals surface area contributed by atoms with E-state index in [0.717, 1.165) is 53.5 Å². The number of ether oxygens (including phenoxy) is 2. The predicted molar refractivity (Wildman–Crippen MR) is 195 cm³/mol. The second-order valence-electron chi connectivity index (χ2n) is 12.6. The summed E-state index contributed by atoms with van der Waals surface area (Å²) in [7, 11) is 0. The summed E-state index contributed by atoms with van der Waals surface area (Å²) in [6, 6.07) is 15.9. The van der Waals surface area contributed by atoms with E-state index in [9.17, 15) is 0 Å². The lowest BCUT2D eigenvalue weighted by Crippen LogP contribution is -2.01. The van der Waals surface area contributed by atoms with Crippen LogP contribution in [0.3, 0.4) is 0 Å². The molecule has 2 aromatic heterocycles.